The van der Waals surface area contributed by atoms with Crippen LogP contribution >= 0.6 is 11.3 Å². The van der Waals surface area contributed by atoms with E-state index in [-0.39, 0.29) is 12.4 Å². The molecule has 0 radical (unpaired) electrons. The van der Waals surface area contributed by atoms with Gasteiger partial charge in [-0.25, -0.2) is 13.0 Å². The number of benzene rings is 1. The third-order valence-electron chi connectivity index (χ3n) is 4.22. The summed E-state index contributed by atoms with van der Waals surface area (Å²) in [7, 11) is 0.00230. The van der Waals surface area contributed by atoms with E-state index in [0.29, 0.717) is 22.3 Å². The summed E-state index contributed by atoms with van der Waals surface area (Å²) in [6.45, 7) is 5.31. The Morgan fingerprint density at radius 1 is 1.28 bits per heavy atom. The lowest BCUT2D eigenvalue weighted by molar-refractivity contribution is -0.654. The second-order valence-corrected chi connectivity index (χ2v) is 9.55. The summed E-state index contributed by atoms with van der Waals surface area (Å²) in [6, 6.07) is 3.48. The molecule has 0 bridgehead atoms. The Morgan fingerprint density at radius 2 is 1.97 bits per heavy atom. The van der Waals surface area contributed by atoms with Gasteiger partial charge in [-0.15, -0.1) is 0 Å². The highest BCUT2D eigenvalue weighted by molar-refractivity contribution is 7.92. The van der Waals surface area contributed by atoms with Crippen molar-refractivity contribution in [2.75, 3.05) is 49.2 Å². The largest absolute Gasteiger partial charge is 1.00 e. The zero-order valence-corrected chi connectivity index (χ0v) is 19.2. The number of aromatic nitrogens is 1. The number of hydrogen-bond acceptors (Lipinski definition) is 8. The van der Waals surface area contributed by atoms with Gasteiger partial charge in [-0.1, -0.05) is 0 Å². The zero-order chi connectivity index (χ0) is 20.3. The minimum absolute atomic E-state index is 0. The molecule has 0 unspecified atom stereocenters. The van der Waals surface area contributed by atoms with Gasteiger partial charge in [0.1, 0.15) is 17.6 Å². The molecule has 12 heteroatoms. The molecule has 2 N–H and O–H groups in total. The van der Waals surface area contributed by atoms with Crippen molar-refractivity contribution in [1.82, 2.24) is 5.32 Å². The lowest BCUT2D eigenvalue weighted by Gasteiger charge is -2.31. The highest BCUT2D eigenvalue weighted by Crippen LogP contribution is 2.40. The first-order valence-electron chi connectivity index (χ1n) is 8.80. The molecule has 1 aromatic carbocycles. The molecule has 1 aliphatic rings. The summed E-state index contributed by atoms with van der Waals surface area (Å²) in [5, 5.41) is 12.6. The van der Waals surface area contributed by atoms with Gasteiger partial charge in [0.2, 0.25) is 10.0 Å². The van der Waals surface area contributed by atoms with Gasteiger partial charge in [0.15, 0.2) is 0 Å². The summed E-state index contributed by atoms with van der Waals surface area (Å²) in [4.78, 5) is 3.27. The normalized spacial score (nSPS) is 14.7. The molecule has 0 amide bonds. The van der Waals surface area contributed by atoms with E-state index in [1.165, 1.54) is 11.3 Å². The zero-order valence-electron chi connectivity index (χ0n) is 16.8. The van der Waals surface area contributed by atoms with E-state index in [0.717, 1.165) is 43.0 Å². The minimum atomic E-state index is -3.48. The number of ether oxygens (including phenoxy) is 1. The van der Waals surface area contributed by atoms with Crippen LogP contribution < -0.4 is 36.6 Å². The molecule has 1 aliphatic heterocycles. The number of sulfonamides is 1. The van der Waals surface area contributed by atoms with E-state index < -0.39 is 10.0 Å². The van der Waals surface area contributed by atoms with E-state index >= 15 is 0 Å². The van der Waals surface area contributed by atoms with Crippen LogP contribution in [0, 0.1) is 6.92 Å². The second kappa shape index (κ2) is 9.70. The number of piperazine rings is 1. The first-order valence-corrected chi connectivity index (χ1v) is 11.5. The SMILES string of the molecule is COc1cc(N=Nc2sc(C)c[n+]2C)c(NS(C)(=O)=O)cc1N1CCNCC1.[Cl-]. The van der Waals surface area contributed by atoms with Crippen molar-refractivity contribution in [2.24, 2.45) is 17.3 Å². The fraction of sp³-hybridized carbons (Fsp3) is 0.471. The fourth-order valence-corrected chi connectivity index (χ4v) is 4.34. The highest BCUT2D eigenvalue weighted by Gasteiger charge is 2.21. The van der Waals surface area contributed by atoms with Crippen molar-refractivity contribution in [3.05, 3.63) is 23.2 Å². The number of rotatable bonds is 6. The van der Waals surface area contributed by atoms with E-state index in [2.05, 4.69) is 25.2 Å². The number of halogens is 1. The van der Waals surface area contributed by atoms with Crippen LogP contribution in [-0.4, -0.2) is 48.0 Å². The topological polar surface area (TPSA) is 99.3 Å². The molecule has 3 rings (SSSR count). The van der Waals surface area contributed by atoms with Crippen LogP contribution in [0.4, 0.5) is 22.2 Å². The van der Waals surface area contributed by atoms with Gasteiger partial charge in [-0.3, -0.25) is 4.72 Å². The van der Waals surface area contributed by atoms with Gasteiger partial charge >= 0.3 is 5.13 Å². The van der Waals surface area contributed by atoms with E-state index in [4.69, 9.17) is 4.74 Å². The Morgan fingerprint density at radius 3 is 2.52 bits per heavy atom. The third kappa shape index (κ3) is 6.01. The molecular formula is C17H25ClN6O3S2. The van der Waals surface area contributed by atoms with Crippen LogP contribution in [0.3, 0.4) is 0 Å². The molecule has 29 heavy (non-hydrogen) atoms. The van der Waals surface area contributed by atoms with Crippen LogP contribution in [-0.2, 0) is 17.1 Å². The lowest BCUT2D eigenvalue weighted by Crippen LogP contribution is -3.00. The maximum atomic E-state index is 11.9. The van der Waals surface area contributed by atoms with Crippen molar-refractivity contribution in [3.63, 3.8) is 0 Å². The smallest absolute Gasteiger partial charge is 0.408 e. The Kier molecular flexibility index (Phi) is 7.80. The highest BCUT2D eigenvalue weighted by atomic mass is 35.5. The van der Waals surface area contributed by atoms with E-state index in [1.54, 1.807) is 19.2 Å². The average Bonchev–Trinajstić information content (AvgIpc) is 2.97. The summed E-state index contributed by atoms with van der Waals surface area (Å²) >= 11 is 1.51. The van der Waals surface area contributed by atoms with Gasteiger partial charge in [-0.05, 0) is 29.4 Å². The Bertz CT molecular complexity index is 987. The predicted molar refractivity (Wildman–Crippen MR) is 111 cm³/mol. The number of nitrogens with zero attached hydrogens (tertiary/aromatic N) is 4. The molecule has 9 nitrogen and oxygen atoms in total. The maximum Gasteiger partial charge on any atom is 0.408 e. The van der Waals surface area contributed by atoms with Gasteiger partial charge in [-0.2, -0.15) is 0 Å². The average molecular weight is 461 g/mol. The van der Waals surface area contributed by atoms with Crippen LogP contribution in [0.1, 0.15) is 4.88 Å². The van der Waals surface area contributed by atoms with Gasteiger partial charge in [0.05, 0.1) is 36.9 Å². The fourth-order valence-electron chi connectivity index (χ4n) is 3.00. The number of anilines is 2. The van der Waals surface area contributed by atoms with Gasteiger partial charge < -0.3 is 27.4 Å². The molecule has 0 spiro atoms. The summed E-state index contributed by atoms with van der Waals surface area (Å²) in [5.74, 6) is 0.627. The monoisotopic (exact) mass is 460 g/mol. The molecule has 0 atom stereocenters. The third-order valence-corrected chi connectivity index (χ3v) is 5.79. The molecular weight excluding hydrogens is 436 g/mol. The Balaban J connectivity index is 0.00000300. The van der Waals surface area contributed by atoms with Crippen molar-refractivity contribution in [1.29, 1.82) is 0 Å². The van der Waals surface area contributed by atoms with Crippen molar-refractivity contribution in [3.8, 4) is 5.75 Å². The molecule has 0 saturated carbocycles. The van der Waals surface area contributed by atoms with E-state index in [9.17, 15) is 8.42 Å². The number of nitrogens with one attached hydrogen (secondary N) is 2. The van der Waals surface area contributed by atoms with Gasteiger partial charge in [0.25, 0.3) is 0 Å². The molecule has 1 saturated heterocycles. The van der Waals surface area contributed by atoms with Crippen LogP contribution in [0.2, 0.25) is 0 Å². The molecule has 2 heterocycles. The molecule has 1 fully saturated rings. The summed E-state index contributed by atoms with van der Waals surface area (Å²) in [5.41, 5.74) is 1.59. The molecule has 1 aromatic heterocycles. The maximum absolute atomic E-state index is 11.9. The van der Waals surface area contributed by atoms with Crippen LogP contribution in [0.25, 0.3) is 0 Å². The Hall–Kier alpha value is -1.95. The van der Waals surface area contributed by atoms with Crippen molar-refractivity contribution in [2.45, 2.75) is 6.92 Å². The quantitative estimate of drug-likeness (QED) is 0.429. The summed E-state index contributed by atoms with van der Waals surface area (Å²) < 4.78 is 33.8. The van der Waals surface area contributed by atoms with Crippen molar-refractivity contribution >= 4 is 43.6 Å². The van der Waals surface area contributed by atoms with Crippen molar-refractivity contribution < 1.29 is 30.1 Å². The van der Waals surface area contributed by atoms with Crippen LogP contribution in [0.15, 0.2) is 28.6 Å². The van der Waals surface area contributed by atoms with Gasteiger partial charge in [0, 0.05) is 37.1 Å². The first-order chi connectivity index (χ1) is 13.3. The number of hydrogen-bond donors (Lipinski definition) is 2. The standard InChI is InChI=1S/C17H24N6O3S2.ClH/c1-12-11-22(2)17(27-12)20-19-13-10-16(26-3)15(23-7-5-18-6-8-23)9-14(13)21-28(4,24)25;/h9-11,18H,5-8H2,1-4H3;1H. The number of methoxy groups -OCH3 is 1. The first kappa shape index (κ1) is 23.3. The summed E-state index contributed by atoms with van der Waals surface area (Å²) in [6.07, 6.45) is 3.08. The number of aryl methyl sites for hydroxylation is 2. The molecule has 160 valence electrons. The minimum Gasteiger partial charge on any atom is -1.00 e. The number of thiazole rings is 1. The molecule has 0 aliphatic carbocycles. The predicted octanol–water partition coefficient (Wildman–Crippen LogP) is -0.910. The van der Waals surface area contributed by atoms with Crippen LogP contribution in [0.5, 0.6) is 5.75 Å². The number of azo groups is 1. The Labute approximate surface area is 181 Å². The van der Waals surface area contributed by atoms with E-state index in [1.807, 2.05) is 24.7 Å². The molecule has 2 aromatic rings. The lowest BCUT2D eigenvalue weighted by atomic mass is 10.2. The second-order valence-electron chi connectivity index (χ2n) is 6.59.